The van der Waals surface area contributed by atoms with Gasteiger partial charge in [-0.1, -0.05) is 6.07 Å². The van der Waals surface area contributed by atoms with E-state index >= 15 is 0 Å². The number of ether oxygens (including phenoxy) is 1. The highest BCUT2D eigenvalue weighted by Gasteiger charge is 2.15. The fraction of sp³-hybridized carbons (Fsp3) is 0.333. The lowest BCUT2D eigenvalue weighted by Gasteiger charge is -2.17. The predicted molar refractivity (Wildman–Crippen MR) is 76.8 cm³/mol. The quantitative estimate of drug-likeness (QED) is 0.853. The fourth-order valence-electron chi connectivity index (χ4n) is 2.05. The molecule has 5 nitrogen and oxygen atoms in total. The summed E-state index contributed by atoms with van der Waals surface area (Å²) in [4.78, 5) is 13.9. The molecule has 0 unspecified atom stereocenters. The lowest BCUT2D eigenvalue weighted by atomic mass is 10.1. The number of carbonyl (C=O) groups is 1. The molecule has 2 rings (SSSR count). The highest BCUT2D eigenvalue weighted by atomic mass is 19.3. The van der Waals surface area contributed by atoms with Gasteiger partial charge in [-0.15, -0.1) is 0 Å². The number of rotatable bonds is 5. The molecule has 0 radical (unpaired) electrons. The lowest BCUT2D eigenvalue weighted by molar-refractivity contribution is -0.0499. The Labute approximate surface area is 127 Å². The second-order valence-corrected chi connectivity index (χ2v) is 4.95. The molecule has 0 bridgehead atoms. The number of nitrogens with zero attached hydrogens (tertiary/aromatic N) is 3. The number of aromatic nitrogens is 2. The molecule has 0 aliphatic carbocycles. The maximum Gasteiger partial charge on any atom is 0.387 e. The summed E-state index contributed by atoms with van der Waals surface area (Å²) in [5, 5.41) is 4.12. The molecule has 0 fully saturated rings. The molecule has 0 N–H and O–H groups in total. The number of alkyl halides is 2. The van der Waals surface area contributed by atoms with E-state index in [1.807, 2.05) is 14.0 Å². The normalized spacial score (nSPS) is 10.8. The van der Waals surface area contributed by atoms with Gasteiger partial charge in [0.1, 0.15) is 5.75 Å². The first-order chi connectivity index (χ1) is 10.4. The number of hydrogen-bond donors (Lipinski definition) is 0. The van der Waals surface area contributed by atoms with Crippen molar-refractivity contribution in [3.05, 3.63) is 47.3 Å². The standard InChI is InChI=1S/C15H17F2N3O2/c1-10-12(8-18-20(10)3)9-19(2)14(21)11-5-4-6-13(7-11)22-15(16)17/h4-8,15H,9H2,1-3H3. The van der Waals surface area contributed by atoms with Gasteiger partial charge in [-0.2, -0.15) is 13.9 Å². The predicted octanol–water partition coefficient (Wildman–Crippen LogP) is 2.60. The summed E-state index contributed by atoms with van der Waals surface area (Å²) in [7, 11) is 3.47. The Morgan fingerprint density at radius 2 is 2.18 bits per heavy atom. The van der Waals surface area contributed by atoms with Gasteiger partial charge < -0.3 is 9.64 Å². The maximum atomic E-state index is 12.4. The van der Waals surface area contributed by atoms with E-state index in [9.17, 15) is 13.6 Å². The first-order valence-electron chi connectivity index (χ1n) is 6.66. The molecule has 0 atom stereocenters. The molecule has 1 aromatic carbocycles. The van der Waals surface area contributed by atoms with E-state index in [2.05, 4.69) is 9.84 Å². The van der Waals surface area contributed by atoms with Crippen molar-refractivity contribution in [3.8, 4) is 5.75 Å². The van der Waals surface area contributed by atoms with E-state index < -0.39 is 6.61 Å². The Bertz CT molecular complexity index is 671. The number of halogens is 2. The molecule has 22 heavy (non-hydrogen) atoms. The van der Waals surface area contributed by atoms with Crippen molar-refractivity contribution in [1.29, 1.82) is 0 Å². The van der Waals surface area contributed by atoms with Crippen LogP contribution in [0.1, 0.15) is 21.6 Å². The number of benzene rings is 1. The highest BCUT2D eigenvalue weighted by molar-refractivity contribution is 5.94. The Hall–Kier alpha value is -2.44. The molecule has 0 saturated heterocycles. The average Bonchev–Trinajstić information content (AvgIpc) is 2.78. The minimum atomic E-state index is -2.92. The molecule has 0 aliphatic rings. The molecular weight excluding hydrogens is 292 g/mol. The number of amides is 1. The van der Waals surface area contributed by atoms with Crippen LogP contribution in [0.15, 0.2) is 30.5 Å². The molecule has 0 saturated carbocycles. The van der Waals surface area contributed by atoms with Gasteiger partial charge in [-0.25, -0.2) is 0 Å². The SMILES string of the molecule is Cc1c(CN(C)C(=O)c2cccc(OC(F)F)c2)cnn1C. The average molecular weight is 309 g/mol. The van der Waals surface area contributed by atoms with Crippen LogP contribution >= 0.6 is 0 Å². The summed E-state index contributed by atoms with van der Waals surface area (Å²) in [5.74, 6) is -0.310. The van der Waals surface area contributed by atoms with Crippen LogP contribution in [0.4, 0.5) is 8.78 Å². The molecule has 0 spiro atoms. The van der Waals surface area contributed by atoms with Crippen molar-refractivity contribution in [2.24, 2.45) is 7.05 Å². The van der Waals surface area contributed by atoms with Gasteiger partial charge in [0.05, 0.1) is 6.20 Å². The van der Waals surface area contributed by atoms with E-state index in [4.69, 9.17) is 0 Å². The Morgan fingerprint density at radius 3 is 2.77 bits per heavy atom. The molecule has 1 heterocycles. The van der Waals surface area contributed by atoms with Crippen LogP contribution in [0.25, 0.3) is 0 Å². The topological polar surface area (TPSA) is 47.4 Å². The van der Waals surface area contributed by atoms with E-state index in [0.717, 1.165) is 11.3 Å². The van der Waals surface area contributed by atoms with Crippen LogP contribution in [-0.2, 0) is 13.6 Å². The van der Waals surface area contributed by atoms with Crippen LogP contribution in [-0.4, -0.2) is 34.2 Å². The molecular formula is C15H17F2N3O2. The van der Waals surface area contributed by atoms with Gasteiger partial charge in [0.15, 0.2) is 0 Å². The van der Waals surface area contributed by atoms with E-state index in [1.165, 1.54) is 23.1 Å². The number of hydrogen-bond acceptors (Lipinski definition) is 3. The summed E-state index contributed by atoms with van der Waals surface area (Å²) in [6, 6.07) is 5.76. The Balaban J connectivity index is 2.11. The number of carbonyl (C=O) groups excluding carboxylic acids is 1. The molecule has 1 amide bonds. The Morgan fingerprint density at radius 1 is 1.45 bits per heavy atom. The van der Waals surface area contributed by atoms with Gasteiger partial charge >= 0.3 is 6.61 Å². The van der Waals surface area contributed by atoms with Crippen LogP contribution in [0, 0.1) is 6.92 Å². The van der Waals surface area contributed by atoms with E-state index in [0.29, 0.717) is 12.1 Å². The molecule has 1 aromatic heterocycles. The van der Waals surface area contributed by atoms with Gasteiger partial charge in [0.25, 0.3) is 5.91 Å². The summed E-state index contributed by atoms with van der Waals surface area (Å²) in [6.07, 6.45) is 1.70. The fourth-order valence-corrected chi connectivity index (χ4v) is 2.05. The summed E-state index contributed by atoms with van der Waals surface area (Å²) in [5.41, 5.74) is 2.19. The van der Waals surface area contributed by atoms with Crippen molar-refractivity contribution in [2.75, 3.05) is 7.05 Å². The van der Waals surface area contributed by atoms with Crippen molar-refractivity contribution < 1.29 is 18.3 Å². The monoisotopic (exact) mass is 309 g/mol. The molecule has 0 aliphatic heterocycles. The molecule has 118 valence electrons. The van der Waals surface area contributed by atoms with Crippen LogP contribution in [0.2, 0.25) is 0 Å². The largest absolute Gasteiger partial charge is 0.435 e. The van der Waals surface area contributed by atoms with Crippen LogP contribution < -0.4 is 4.74 Å². The third kappa shape index (κ3) is 3.60. The minimum Gasteiger partial charge on any atom is -0.435 e. The third-order valence-corrected chi connectivity index (χ3v) is 3.40. The zero-order chi connectivity index (χ0) is 16.3. The molecule has 7 heteroatoms. The minimum absolute atomic E-state index is 0.0354. The summed E-state index contributed by atoms with van der Waals surface area (Å²) in [6.45, 7) is -0.614. The highest BCUT2D eigenvalue weighted by Crippen LogP contribution is 2.18. The van der Waals surface area contributed by atoms with E-state index in [-0.39, 0.29) is 11.7 Å². The Kier molecular flexibility index (Phi) is 4.75. The summed E-state index contributed by atoms with van der Waals surface area (Å²) >= 11 is 0. The number of aryl methyl sites for hydroxylation is 1. The smallest absolute Gasteiger partial charge is 0.387 e. The van der Waals surface area contributed by atoms with Gasteiger partial charge in [-0.05, 0) is 25.1 Å². The first kappa shape index (κ1) is 15.9. The van der Waals surface area contributed by atoms with Crippen molar-refractivity contribution >= 4 is 5.91 Å². The maximum absolute atomic E-state index is 12.4. The van der Waals surface area contributed by atoms with Gasteiger partial charge in [0, 0.05) is 37.5 Å². The zero-order valence-electron chi connectivity index (χ0n) is 12.6. The second-order valence-electron chi connectivity index (χ2n) is 4.95. The second kappa shape index (κ2) is 6.55. The van der Waals surface area contributed by atoms with E-state index in [1.54, 1.807) is 24.0 Å². The van der Waals surface area contributed by atoms with Crippen LogP contribution in [0.3, 0.4) is 0 Å². The zero-order valence-corrected chi connectivity index (χ0v) is 12.6. The van der Waals surface area contributed by atoms with Gasteiger partial charge in [-0.3, -0.25) is 9.48 Å². The summed E-state index contributed by atoms with van der Waals surface area (Å²) < 4.78 is 30.5. The van der Waals surface area contributed by atoms with Gasteiger partial charge in [0.2, 0.25) is 0 Å². The molecule has 2 aromatic rings. The van der Waals surface area contributed by atoms with Crippen molar-refractivity contribution in [1.82, 2.24) is 14.7 Å². The third-order valence-electron chi connectivity index (χ3n) is 3.40. The van der Waals surface area contributed by atoms with Crippen LogP contribution in [0.5, 0.6) is 5.75 Å². The lowest BCUT2D eigenvalue weighted by Crippen LogP contribution is -2.26. The van der Waals surface area contributed by atoms with Crippen molar-refractivity contribution in [3.63, 3.8) is 0 Å². The first-order valence-corrected chi connectivity index (χ1v) is 6.66. The van der Waals surface area contributed by atoms with Crippen molar-refractivity contribution in [2.45, 2.75) is 20.1 Å².